The fourth-order valence-corrected chi connectivity index (χ4v) is 2.49. The van der Waals surface area contributed by atoms with Crippen LogP contribution in [0.5, 0.6) is 0 Å². The van der Waals surface area contributed by atoms with Crippen LogP contribution in [0.3, 0.4) is 0 Å². The number of pyridine rings is 1. The molecule has 3 heteroatoms. The Kier molecular flexibility index (Phi) is 3.39. The second-order valence-corrected chi connectivity index (χ2v) is 4.52. The minimum atomic E-state index is 0. The van der Waals surface area contributed by atoms with Crippen molar-refractivity contribution in [3.8, 4) is 11.3 Å². The average Bonchev–Trinajstić information content (AvgIpc) is 2.97. The van der Waals surface area contributed by atoms with Crippen LogP contribution in [0.2, 0.25) is 0 Å². The van der Waals surface area contributed by atoms with E-state index in [1.54, 1.807) is 0 Å². The summed E-state index contributed by atoms with van der Waals surface area (Å²) in [5, 5.41) is 2.23. The Morgan fingerprint density at radius 1 is 1.00 bits per heavy atom. The van der Waals surface area contributed by atoms with Gasteiger partial charge in [0.25, 0.3) is 0 Å². The molecule has 4 rings (SSSR count). The first-order chi connectivity index (χ1) is 9.43. The molecule has 0 aliphatic heterocycles. The van der Waals surface area contributed by atoms with E-state index in [1.165, 1.54) is 10.9 Å². The molecule has 0 fully saturated rings. The van der Waals surface area contributed by atoms with Crippen LogP contribution in [-0.2, 0) is 20.1 Å². The molecule has 0 N–H and O–H groups in total. The average molecular weight is 436 g/mol. The maximum Gasteiger partial charge on any atom is 0.0608 e. The summed E-state index contributed by atoms with van der Waals surface area (Å²) in [6.07, 6.45) is 3.83. The number of benzene rings is 2. The van der Waals surface area contributed by atoms with Crippen LogP contribution in [0.15, 0.2) is 67.0 Å². The van der Waals surface area contributed by atoms with Crippen molar-refractivity contribution < 1.29 is 20.1 Å². The fourth-order valence-electron chi connectivity index (χ4n) is 2.49. The Balaban J connectivity index is 0.00000121. The Hall–Kier alpha value is -1.96. The summed E-state index contributed by atoms with van der Waals surface area (Å²) < 4.78 is 2.12. The third-order valence-electron chi connectivity index (χ3n) is 3.37. The summed E-state index contributed by atoms with van der Waals surface area (Å²) in [4.78, 5) is 4.46. The summed E-state index contributed by atoms with van der Waals surface area (Å²) in [5.41, 5.74) is 3.30. The molecule has 99 valence electrons. The van der Waals surface area contributed by atoms with E-state index in [0.717, 1.165) is 16.7 Å². The number of hydrogen-bond donors (Lipinski definition) is 0. The van der Waals surface area contributed by atoms with Crippen molar-refractivity contribution in [2.45, 2.75) is 0 Å². The number of nitrogens with zero attached hydrogens (tertiary/aromatic N) is 2. The van der Waals surface area contributed by atoms with Crippen molar-refractivity contribution in [3.05, 3.63) is 73.1 Å². The van der Waals surface area contributed by atoms with Crippen molar-refractivity contribution in [1.29, 1.82) is 0 Å². The molecule has 1 radical (unpaired) electrons. The zero-order chi connectivity index (χ0) is 12.7. The van der Waals surface area contributed by atoms with Crippen LogP contribution in [0.1, 0.15) is 0 Å². The molecule has 2 aromatic carbocycles. The number of fused-ring (bicyclic) bond motifs is 3. The second kappa shape index (κ2) is 5.20. The summed E-state index contributed by atoms with van der Waals surface area (Å²) in [5.74, 6) is 0. The van der Waals surface area contributed by atoms with Gasteiger partial charge in [-0.05, 0) is 5.56 Å². The minimum Gasteiger partial charge on any atom is -0.340 e. The van der Waals surface area contributed by atoms with Crippen LogP contribution >= 0.6 is 0 Å². The van der Waals surface area contributed by atoms with Gasteiger partial charge in [0.15, 0.2) is 0 Å². The molecule has 0 aliphatic rings. The van der Waals surface area contributed by atoms with Gasteiger partial charge in [0.1, 0.15) is 0 Å². The van der Waals surface area contributed by atoms with Crippen molar-refractivity contribution in [2.75, 3.05) is 0 Å². The Labute approximate surface area is 130 Å². The Bertz CT molecular complexity index is 866. The fraction of sp³-hybridized carbons (Fsp3) is 0. The second-order valence-electron chi connectivity index (χ2n) is 4.52. The Morgan fingerprint density at radius 3 is 2.70 bits per heavy atom. The van der Waals surface area contributed by atoms with E-state index in [1.807, 2.05) is 30.6 Å². The van der Waals surface area contributed by atoms with Crippen LogP contribution < -0.4 is 0 Å². The molecule has 0 saturated carbocycles. The number of rotatable bonds is 1. The molecular formula is C17H11IrN2-. The molecule has 0 aliphatic carbocycles. The van der Waals surface area contributed by atoms with Crippen molar-refractivity contribution >= 4 is 16.4 Å². The van der Waals surface area contributed by atoms with E-state index < -0.39 is 0 Å². The zero-order valence-corrected chi connectivity index (χ0v) is 13.0. The van der Waals surface area contributed by atoms with Crippen molar-refractivity contribution in [2.24, 2.45) is 0 Å². The van der Waals surface area contributed by atoms with Gasteiger partial charge in [0.2, 0.25) is 0 Å². The number of imidazole rings is 1. The zero-order valence-electron chi connectivity index (χ0n) is 10.6. The van der Waals surface area contributed by atoms with E-state index in [-0.39, 0.29) is 20.1 Å². The van der Waals surface area contributed by atoms with Gasteiger partial charge in [-0.25, -0.2) is 0 Å². The molecular weight excluding hydrogens is 424 g/mol. The minimum absolute atomic E-state index is 0. The van der Waals surface area contributed by atoms with Gasteiger partial charge in [0.05, 0.1) is 5.65 Å². The van der Waals surface area contributed by atoms with E-state index in [4.69, 9.17) is 0 Å². The molecule has 0 atom stereocenters. The van der Waals surface area contributed by atoms with Gasteiger partial charge in [-0.3, -0.25) is 4.98 Å². The van der Waals surface area contributed by atoms with Gasteiger partial charge >= 0.3 is 0 Å². The maximum atomic E-state index is 4.46. The van der Waals surface area contributed by atoms with Crippen LogP contribution in [0.25, 0.3) is 27.7 Å². The van der Waals surface area contributed by atoms with Crippen LogP contribution in [0.4, 0.5) is 0 Å². The SMILES string of the molecule is [Ir].[c-]1cccc2cc(-c3ccccc3)n3ccnc3c12. The molecule has 0 amide bonds. The largest absolute Gasteiger partial charge is 0.340 e. The summed E-state index contributed by atoms with van der Waals surface area (Å²) in [6, 6.07) is 21.9. The topological polar surface area (TPSA) is 17.3 Å². The van der Waals surface area contributed by atoms with Gasteiger partial charge in [-0.15, -0.1) is 35.0 Å². The van der Waals surface area contributed by atoms with Gasteiger partial charge in [-0.2, -0.15) is 0 Å². The predicted octanol–water partition coefficient (Wildman–Crippen LogP) is 3.95. The van der Waals surface area contributed by atoms with Crippen LogP contribution in [-0.4, -0.2) is 9.38 Å². The first kappa shape index (κ1) is 13.0. The van der Waals surface area contributed by atoms with Gasteiger partial charge < -0.3 is 4.40 Å². The van der Waals surface area contributed by atoms with E-state index in [0.29, 0.717) is 0 Å². The molecule has 20 heavy (non-hydrogen) atoms. The third-order valence-corrected chi connectivity index (χ3v) is 3.37. The maximum absolute atomic E-state index is 4.46. The Morgan fingerprint density at radius 2 is 1.85 bits per heavy atom. The van der Waals surface area contributed by atoms with E-state index in [2.05, 4.69) is 51.8 Å². The number of hydrogen-bond acceptors (Lipinski definition) is 1. The molecule has 0 bridgehead atoms. The number of aromatic nitrogens is 2. The van der Waals surface area contributed by atoms with E-state index in [9.17, 15) is 0 Å². The monoisotopic (exact) mass is 436 g/mol. The molecule has 0 spiro atoms. The van der Waals surface area contributed by atoms with Crippen molar-refractivity contribution in [1.82, 2.24) is 9.38 Å². The van der Waals surface area contributed by atoms with E-state index >= 15 is 0 Å². The molecule has 2 heterocycles. The molecule has 2 aromatic heterocycles. The van der Waals surface area contributed by atoms with Crippen molar-refractivity contribution in [3.63, 3.8) is 0 Å². The third kappa shape index (κ3) is 1.96. The molecule has 0 unspecified atom stereocenters. The predicted molar refractivity (Wildman–Crippen MR) is 77.0 cm³/mol. The first-order valence-corrected chi connectivity index (χ1v) is 6.25. The molecule has 2 nitrogen and oxygen atoms in total. The van der Waals surface area contributed by atoms with Gasteiger partial charge in [0, 0.05) is 38.2 Å². The normalized spacial score (nSPS) is 10.6. The smallest absolute Gasteiger partial charge is 0.0608 e. The standard InChI is InChI=1S/C17H11N2.Ir/c1-2-6-13(7-3-1)16-12-14-8-4-5-9-15(14)17-18-10-11-19(16)17;/h1-8,10-12H;/q-1;. The molecule has 4 aromatic rings. The quantitative estimate of drug-likeness (QED) is 0.414. The molecule has 0 saturated heterocycles. The van der Waals surface area contributed by atoms with Crippen LogP contribution in [0, 0.1) is 6.07 Å². The first-order valence-electron chi connectivity index (χ1n) is 6.25. The summed E-state index contributed by atoms with van der Waals surface area (Å²) >= 11 is 0. The summed E-state index contributed by atoms with van der Waals surface area (Å²) in [7, 11) is 0. The van der Waals surface area contributed by atoms with Gasteiger partial charge in [-0.1, -0.05) is 36.4 Å². The summed E-state index contributed by atoms with van der Waals surface area (Å²) in [6.45, 7) is 0.